The van der Waals surface area contributed by atoms with Gasteiger partial charge in [-0.1, -0.05) is 43.3 Å². The van der Waals surface area contributed by atoms with Crippen LogP contribution in [0.5, 0.6) is 0 Å². The summed E-state index contributed by atoms with van der Waals surface area (Å²) < 4.78 is 5.18. The Morgan fingerprint density at radius 1 is 0.800 bits per heavy atom. The van der Waals surface area contributed by atoms with Gasteiger partial charge in [-0.05, 0) is 41.8 Å². The van der Waals surface area contributed by atoms with E-state index in [1.165, 1.54) is 11.8 Å². The maximum atomic E-state index is 12.5. The van der Waals surface area contributed by atoms with Crippen molar-refractivity contribution in [2.75, 3.05) is 5.32 Å². The van der Waals surface area contributed by atoms with Gasteiger partial charge in [-0.15, -0.1) is 0 Å². The number of aryl methyl sites for hydroxylation is 1. The molecular formula is C23H23N3O4. The van der Waals surface area contributed by atoms with E-state index in [0.29, 0.717) is 5.76 Å². The quantitative estimate of drug-likeness (QED) is 0.526. The Kier molecular flexibility index (Phi) is 7.00. The average molecular weight is 405 g/mol. The molecule has 0 aliphatic carbocycles. The number of benzene rings is 2. The summed E-state index contributed by atoms with van der Waals surface area (Å²) >= 11 is 0. The highest BCUT2D eigenvalue weighted by molar-refractivity contribution is 6.40. The van der Waals surface area contributed by atoms with Crippen molar-refractivity contribution in [1.82, 2.24) is 10.6 Å². The second kappa shape index (κ2) is 10.1. The van der Waals surface area contributed by atoms with Crippen molar-refractivity contribution < 1.29 is 18.8 Å². The predicted octanol–water partition coefficient (Wildman–Crippen LogP) is 3.03. The molecule has 2 aromatic carbocycles. The van der Waals surface area contributed by atoms with E-state index in [2.05, 4.69) is 22.9 Å². The van der Waals surface area contributed by atoms with E-state index in [-0.39, 0.29) is 24.3 Å². The van der Waals surface area contributed by atoms with E-state index in [4.69, 9.17) is 4.42 Å². The molecule has 30 heavy (non-hydrogen) atoms. The number of carbonyl (C=O) groups is 3. The van der Waals surface area contributed by atoms with Crippen molar-refractivity contribution >= 4 is 23.4 Å². The van der Waals surface area contributed by atoms with E-state index < -0.39 is 17.7 Å². The van der Waals surface area contributed by atoms with Crippen LogP contribution < -0.4 is 16.0 Å². The topological polar surface area (TPSA) is 100 Å². The molecule has 1 heterocycles. The maximum Gasteiger partial charge on any atom is 0.313 e. The lowest BCUT2D eigenvalue weighted by molar-refractivity contribution is -0.136. The zero-order valence-electron chi connectivity index (χ0n) is 16.6. The third-order valence-electron chi connectivity index (χ3n) is 4.51. The zero-order valence-corrected chi connectivity index (χ0v) is 16.6. The summed E-state index contributed by atoms with van der Waals surface area (Å²) in [5.74, 6) is -1.40. The zero-order chi connectivity index (χ0) is 21.3. The molecule has 154 valence electrons. The molecule has 3 rings (SSSR count). The molecule has 0 saturated heterocycles. The van der Waals surface area contributed by atoms with Crippen LogP contribution in [0.2, 0.25) is 0 Å². The van der Waals surface area contributed by atoms with Crippen LogP contribution in [-0.4, -0.2) is 17.7 Å². The van der Waals surface area contributed by atoms with Gasteiger partial charge in [-0.2, -0.15) is 0 Å². The summed E-state index contributed by atoms with van der Waals surface area (Å²) in [6.45, 7) is 2.52. The first-order chi connectivity index (χ1) is 14.6. The molecule has 0 aliphatic rings. The first-order valence-electron chi connectivity index (χ1n) is 9.63. The lowest BCUT2D eigenvalue weighted by atomic mass is 10.1. The fourth-order valence-electron chi connectivity index (χ4n) is 2.80. The predicted molar refractivity (Wildman–Crippen MR) is 113 cm³/mol. The van der Waals surface area contributed by atoms with Crippen molar-refractivity contribution in [2.24, 2.45) is 0 Å². The van der Waals surface area contributed by atoms with Crippen LogP contribution in [0.1, 0.15) is 34.2 Å². The molecule has 3 N–H and O–H groups in total. The van der Waals surface area contributed by atoms with E-state index in [9.17, 15) is 14.4 Å². The third kappa shape index (κ3) is 5.57. The standard InChI is InChI=1S/C23H23N3O4/c1-2-16-9-11-17(12-10-16)14-24-22(28)23(29)26-20-8-4-3-7-19(20)21(27)25-15-18-6-5-13-30-18/h3-13H,2,14-15H2,1H3,(H,24,28)(H,25,27)(H,26,29). The summed E-state index contributed by atoms with van der Waals surface area (Å²) in [5.41, 5.74) is 2.60. The summed E-state index contributed by atoms with van der Waals surface area (Å²) in [5, 5.41) is 7.80. The van der Waals surface area contributed by atoms with Crippen LogP contribution in [0.3, 0.4) is 0 Å². The van der Waals surface area contributed by atoms with Crippen molar-refractivity contribution in [3.05, 3.63) is 89.4 Å². The van der Waals surface area contributed by atoms with Gasteiger partial charge in [0.1, 0.15) is 5.76 Å². The largest absolute Gasteiger partial charge is 0.467 e. The van der Waals surface area contributed by atoms with Gasteiger partial charge in [0.25, 0.3) is 5.91 Å². The van der Waals surface area contributed by atoms with Gasteiger partial charge in [-0.3, -0.25) is 14.4 Å². The molecule has 0 radical (unpaired) electrons. The third-order valence-corrected chi connectivity index (χ3v) is 4.51. The van der Waals surface area contributed by atoms with Crippen molar-refractivity contribution in [3.63, 3.8) is 0 Å². The Morgan fingerprint density at radius 3 is 2.23 bits per heavy atom. The molecule has 0 spiro atoms. The second-order valence-corrected chi connectivity index (χ2v) is 6.61. The minimum Gasteiger partial charge on any atom is -0.467 e. The fraction of sp³-hybridized carbons (Fsp3) is 0.174. The van der Waals surface area contributed by atoms with Crippen LogP contribution in [0.4, 0.5) is 5.69 Å². The molecule has 7 heteroatoms. The number of para-hydroxylation sites is 1. The summed E-state index contributed by atoms with van der Waals surface area (Å²) in [4.78, 5) is 36.9. The molecule has 7 nitrogen and oxygen atoms in total. The van der Waals surface area contributed by atoms with E-state index in [1.807, 2.05) is 24.3 Å². The van der Waals surface area contributed by atoms with Gasteiger partial charge in [0.15, 0.2) is 0 Å². The molecule has 0 bridgehead atoms. The first kappa shape index (κ1) is 20.9. The molecule has 0 unspecified atom stereocenters. The molecule has 0 aliphatic heterocycles. The van der Waals surface area contributed by atoms with Gasteiger partial charge < -0.3 is 20.4 Å². The Labute approximate surface area is 174 Å². The van der Waals surface area contributed by atoms with Gasteiger partial charge in [0.2, 0.25) is 0 Å². The summed E-state index contributed by atoms with van der Waals surface area (Å²) in [7, 11) is 0. The van der Waals surface area contributed by atoms with Crippen LogP contribution in [0, 0.1) is 0 Å². The lowest BCUT2D eigenvalue weighted by Gasteiger charge is -2.11. The number of hydrogen-bond donors (Lipinski definition) is 3. The number of furan rings is 1. The number of anilines is 1. The number of amides is 3. The van der Waals surface area contributed by atoms with Crippen LogP contribution in [0.25, 0.3) is 0 Å². The van der Waals surface area contributed by atoms with Crippen LogP contribution in [0.15, 0.2) is 71.3 Å². The monoisotopic (exact) mass is 405 g/mol. The van der Waals surface area contributed by atoms with Gasteiger partial charge in [0, 0.05) is 6.54 Å². The normalized spacial score (nSPS) is 10.3. The van der Waals surface area contributed by atoms with Crippen molar-refractivity contribution in [1.29, 1.82) is 0 Å². The lowest BCUT2D eigenvalue weighted by Crippen LogP contribution is -2.35. The number of rotatable bonds is 7. The molecule has 3 aromatic rings. The summed E-state index contributed by atoms with van der Waals surface area (Å²) in [6.07, 6.45) is 2.45. The molecular weight excluding hydrogens is 382 g/mol. The van der Waals surface area contributed by atoms with Crippen molar-refractivity contribution in [3.8, 4) is 0 Å². The van der Waals surface area contributed by atoms with E-state index >= 15 is 0 Å². The highest BCUT2D eigenvalue weighted by Gasteiger charge is 2.17. The molecule has 0 atom stereocenters. The average Bonchev–Trinajstić information content (AvgIpc) is 3.30. The Morgan fingerprint density at radius 2 is 1.53 bits per heavy atom. The van der Waals surface area contributed by atoms with Crippen molar-refractivity contribution in [2.45, 2.75) is 26.4 Å². The Bertz CT molecular complexity index is 1010. The van der Waals surface area contributed by atoms with Gasteiger partial charge >= 0.3 is 11.8 Å². The number of carbonyl (C=O) groups excluding carboxylic acids is 3. The number of hydrogen-bond acceptors (Lipinski definition) is 4. The van der Waals surface area contributed by atoms with Gasteiger partial charge in [0.05, 0.1) is 24.1 Å². The Hall–Kier alpha value is -3.87. The molecule has 3 amide bonds. The SMILES string of the molecule is CCc1ccc(CNC(=O)C(=O)Nc2ccccc2C(=O)NCc2ccco2)cc1. The molecule has 0 fully saturated rings. The van der Waals surface area contributed by atoms with E-state index in [0.717, 1.165) is 12.0 Å². The first-order valence-corrected chi connectivity index (χ1v) is 9.63. The van der Waals surface area contributed by atoms with Crippen LogP contribution >= 0.6 is 0 Å². The highest BCUT2D eigenvalue weighted by Crippen LogP contribution is 2.15. The smallest absolute Gasteiger partial charge is 0.313 e. The fourth-order valence-corrected chi connectivity index (χ4v) is 2.80. The molecule has 0 saturated carbocycles. The maximum absolute atomic E-state index is 12.5. The summed E-state index contributed by atoms with van der Waals surface area (Å²) in [6, 6.07) is 17.8. The minimum atomic E-state index is -0.841. The Balaban J connectivity index is 1.57. The number of nitrogens with one attached hydrogen (secondary N) is 3. The van der Waals surface area contributed by atoms with Crippen LogP contribution in [-0.2, 0) is 29.1 Å². The highest BCUT2D eigenvalue weighted by atomic mass is 16.3. The molecule has 1 aromatic heterocycles. The minimum absolute atomic E-state index is 0.214. The van der Waals surface area contributed by atoms with E-state index in [1.54, 1.807) is 36.4 Å². The van der Waals surface area contributed by atoms with Gasteiger partial charge in [-0.25, -0.2) is 0 Å². The second-order valence-electron chi connectivity index (χ2n) is 6.61.